The lowest BCUT2D eigenvalue weighted by molar-refractivity contribution is 0.550. The van der Waals surface area contributed by atoms with E-state index in [2.05, 4.69) is 36.5 Å². The van der Waals surface area contributed by atoms with Gasteiger partial charge in [0, 0.05) is 23.4 Å². The smallest absolute Gasteiger partial charge is 0.123 e. The molecule has 1 heterocycles. The van der Waals surface area contributed by atoms with Gasteiger partial charge in [0.2, 0.25) is 0 Å². The molecule has 1 atom stereocenters. The number of nitrogens with one attached hydrogen (secondary N) is 1. The first kappa shape index (κ1) is 15.1. The van der Waals surface area contributed by atoms with Crippen molar-refractivity contribution in [3.8, 4) is 0 Å². The Balaban J connectivity index is 1.97. The Hall–Kier alpha value is -1.26. The molecule has 0 spiro atoms. The summed E-state index contributed by atoms with van der Waals surface area (Å²) < 4.78 is 13.2. The Bertz CT molecular complexity index is 572. The molecule has 1 N–H and O–H groups in total. The summed E-state index contributed by atoms with van der Waals surface area (Å²) >= 11 is 1.67. The van der Waals surface area contributed by atoms with Crippen LogP contribution >= 0.6 is 11.3 Å². The molecule has 0 saturated heterocycles. The third-order valence-corrected chi connectivity index (χ3v) is 4.08. The first-order chi connectivity index (χ1) is 9.36. The molecule has 1 aromatic carbocycles. The number of hydrogen-bond acceptors (Lipinski definition) is 3. The van der Waals surface area contributed by atoms with Crippen molar-refractivity contribution in [3.63, 3.8) is 0 Å². The molecule has 2 nitrogen and oxygen atoms in total. The zero-order chi connectivity index (χ0) is 14.8. The van der Waals surface area contributed by atoms with Crippen LogP contribution < -0.4 is 5.32 Å². The standard InChI is InChI=1S/C16H21FN2S/c1-11(12-6-5-7-13(17)8-12)18-9-15-19-14(10-20-15)16(2,3)4/h5-8,10-11,18H,9H2,1-4H3/t11-/m1/s1. The van der Waals surface area contributed by atoms with Crippen LogP contribution in [0.5, 0.6) is 0 Å². The number of hydrogen-bond donors (Lipinski definition) is 1. The van der Waals surface area contributed by atoms with E-state index in [1.807, 2.05) is 13.0 Å². The van der Waals surface area contributed by atoms with Gasteiger partial charge >= 0.3 is 0 Å². The molecule has 108 valence electrons. The maximum Gasteiger partial charge on any atom is 0.123 e. The van der Waals surface area contributed by atoms with Gasteiger partial charge in [0.05, 0.1) is 5.69 Å². The van der Waals surface area contributed by atoms with Crippen molar-refractivity contribution in [2.75, 3.05) is 0 Å². The van der Waals surface area contributed by atoms with Crippen LogP contribution in [0.25, 0.3) is 0 Å². The molecule has 0 amide bonds. The Morgan fingerprint density at radius 1 is 1.35 bits per heavy atom. The van der Waals surface area contributed by atoms with Crippen molar-refractivity contribution in [1.82, 2.24) is 10.3 Å². The fourth-order valence-corrected chi connectivity index (χ4v) is 2.84. The molecule has 0 aliphatic heterocycles. The molecule has 0 aliphatic rings. The van der Waals surface area contributed by atoms with Crippen LogP contribution in [-0.2, 0) is 12.0 Å². The molecular formula is C16H21FN2S. The maximum atomic E-state index is 13.2. The van der Waals surface area contributed by atoms with E-state index in [0.717, 1.165) is 16.3 Å². The number of benzene rings is 1. The average Bonchev–Trinajstić information content (AvgIpc) is 2.84. The minimum Gasteiger partial charge on any atom is -0.304 e. The molecule has 0 fully saturated rings. The molecule has 20 heavy (non-hydrogen) atoms. The first-order valence-corrected chi connectivity index (χ1v) is 7.68. The van der Waals surface area contributed by atoms with Gasteiger partial charge in [0.15, 0.2) is 0 Å². The molecular weight excluding hydrogens is 271 g/mol. The summed E-state index contributed by atoms with van der Waals surface area (Å²) in [4.78, 5) is 4.65. The molecule has 0 aliphatic carbocycles. The maximum absolute atomic E-state index is 13.2. The second-order valence-electron chi connectivity index (χ2n) is 6.03. The van der Waals surface area contributed by atoms with E-state index in [1.54, 1.807) is 23.5 Å². The first-order valence-electron chi connectivity index (χ1n) is 6.80. The fraction of sp³-hybridized carbons (Fsp3) is 0.438. The second kappa shape index (κ2) is 6.02. The molecule has 0 radical (unpaired) electrons. The van der Waals surface area contributed by atoms with Crippen LogP contribution in [0.15, 0.2) is 29.6 Å². The number of nitrogens with zero attached hydrogens (tertiary/aromatic N) is 1. The van der Waals surface area contributed by atoms with Crippen molar-refractivity contribution in [3.05, 3.63) is 51.7 Å². The Kier molecular flexibility index (Phi) is 4.55. The van der Waals surface area contributed by atoms with Crippen LogP contribution in [0.2, 0.25) is 0 Å². The lowest BCUT2D eigenvalue weighted by Crippen LogP contribution is -2.18. The van der Waals surface area contributed by atoms with Crippen molar-refractivity contribution >= 4 is 11.3 Å². The van der Waals surface area contributed by atoms with Crippen LogP contribution in [-0.4, -0.2) is 4.98 Å². The van der Waals surface area contributed by atoms with Gasteiger partial charge in [0.25, 0.3) is 0 Å². The lowest BCUT2D eigenvalue weighted by atomic mass is 9.93. The Morgan fingerprint density at radius 2 is 2.10 bits per heavy atom. The van der Waals surface area contributed by atoms with Crippen molar-refractivity contribution in [2.24, 2.45) is 0 Å². The molecule has 2 rings (SSSR count). The summed E-state index contributed by atoms with van der Waals surface area (Å²) in [5, 5.41) is 6.57. The zero-order valence-electron chi connectivity index (χ0n) is 12.4. The van der Waals surface area contributed by atoms with Crippen molar-refractivity contribution in [1.29, 1.82) is 0 Å². The second-order valence-corrected chi connectivity index (χ2v) is 6.98. The van der Waals surface area contributed by atoms with E-state index < -0.39 is 0 Å². The third kappa shape index (κ3) is 3.87. The number of aromatic nitrogens is 1. The molecule has 4 heteroatoms. The number of halogens is 1. The molecule has 0 bridgehead atoms. The van der Waals surface area contributed by atoms with E-state index in [0.29, 0.717) is 6.54 Å². The predicted molar refractivity (Wildman–Crippen MR) is 82.5 cm³/mol. The van der Waals surface area contributed by atoms with Crippen LogP contribution in [0.1, 0.15) is 50.0 Å². The summed E-state index contributed by atoms with van der Waals surface area (Å²) in [5.41, 5.74) is 2.17. The quantitative estimate of drug-likeness (QED) is 0.901. The average molecular weight is 292 g/mol. The van der Waals surface area contributed by atoms with Crippen molar-refractivity contribution < 1.29 is 4.39 Å². The van der Waals surface area contributed by atoms with Gasteiger partial charge in [-0.15, -0.1) is 11.3 Å². The van der Waals surface area contributed by atoms with E-state index in [-0.39, 0.29) is 17.3 Å². The highest BCUT2D eigenvalue weighted by Gasteiger charge is 2.17. The molecule has 0 unspecified atom stereocenters. The van der Waals surface area contributed by atoms with Gasteiger partial charge in [-0.3, -0.25) is 0 Å². The lowest BCUT2D eigenvalue weighted by Gasteiger charge is -2.15. The van der Waals surface area contributed by atoms with Gasteiger partial charge < -0.3 is 5.32 Å². The molecule has 2 aromatic rings. The third-order valence-electron chi connectivity index (χ3n) is 3.23. The van der Waals surface area contributed by atoms with Gasteiger partial charge in [-0.05, 0) is 24.6 Å². The van der Waals surface area contributed by atoms with Crippen LogP contribution in [0.4, 0.5) is 4.39 Å². The summed E-state index contributed by atoms with van der Waals surface area (Å²) in [6.45, 7) is 9.23. The van der Waals surface area contributed by atoms with Gasteiger partial charge in [-0.2, -0.15) is 0 Å². The van der Waals surface area contributed by atoms with Crippen LogP contribution in [0, 0.1) is 5.82 Å². The van der Waals surface area contributed by atoms with E-state index >= 15 is 0 Å². The summed E-state index contributed by atoms with van der Waals surface area (Å²) in [6.07, 6.45) is 0. The van der Waals surface area contributed by atoms with E-state index in [9.17, 15) is 4.39 Å². The van der Waals surface area contributed by atoms with Gasteiger partial charge in [0.1, 0.15) is 10.8 Å². The number of rotatable bonds is 4. The van der Waals surface area contributed by atoms with Crippen LogP contribution in [0.3, 0.4) is 0 Å². The van der Waals surface area contributed by atoms with Crippen molar-refractivity contribution in [2.45, 2.75) is 45.7 Å². The minimum absolute atomic E-state index is 0.0862. The molecule has 0 saturated carbocycles. The monoisotopic (exact) mass is 292 g/mol. The van der Waals surface area contributed by atoms with Gasteiger partial charge in [-0.1, -0.05) is 32.9 Å². The highest BCUT2D eigenvalue weighted by atomic mass is 32.1. The normalized spacial score (nSPS) is 13.4. The highest BCUT2D eigenvalue weighted by molar-refractivity contribution is 7.09. The number of thiazole rings is 1. The SMILES string of the molecule is C[C@@H](NCc1nc(C(C)(C)C)cs1)c1cccc(F)c1. The highest BCUT2D eigenvalue weighted by Crippen LogP contribution is 2.24. The minimum atomic E-state index is -0.194. The predicted octanol–water partition coefficient (Wildman–Crippen LogP) is 4.43. The van der Waals surface area contributed by atoms with Gasteiger partial charge in [-0.25, -0.2) is 9.37 Å². The Labute approximate surface area is 124 Å². The topological polar surface area (TPSA) is 24.9 Å². The van der Waals surface area contributed by atoms with E-state index in [1.165, 1.54) is 6.07 Å². The fourth-order valence-electron chi connectivity index (χ4n) is 1.87. The summed E-state index contributed by atoms with van der Waals surface area (Å²) in [6, 6.07) is 6.81. The van der Waals surface area contributed by atoms with E-state index in [4.69, 9.17) is 0 Å². The summed E-state index contributed by atoms with van der Waals surface area (Å²) in [5.74, 6) is -0.194. The zero-order valence-corrected chi connectivity index (χ0v) is 13.2. The molecule has 1 aromatic heterocycles. The summed E-state index contributed by atoms with van der Waals surface area (Å²) in [7, 11) is 0. The Morgan fingerprint density at radius 3 is 2.70 bits per heavy atom. The largest absolute Gasteiger partial charge is 0.304 e.